The van der Waals surface area contributed by atoms with Gasteiger partial charge in [0.2, 0.25) is 0 Å². The summed E-state index contributed by atoms with van der Waals surface area (Å²) in [5, 5.41) is 6.51. The Hall–Kier alpha value is -1.55. The molecule has 0 saturated carbocycles. The number of rotatable bonds is 3. The first kappa shape index (κ1) is 13.4. The number of likely N-dealkylation sites (tertiary alicyclic amines) is 1. The van der Waals surface area contributed by atoms with Crippen molar-refractivity contribution in [1.29, 1.82) is 0 Å². The van der Waals surface area contributed by atoms with Crippen LogP contribution in [-0.4, -0.2) is 43.0 Å². The molecule has 0 aliphatic carbocycles. The number of nitrogens with zero attached hydrogens (tertiary/aromatic N) is 1. The van der Waals surface area contributed by atoms with Gasteiger partial charge in [0.15, 0.2) is 0 Å². The number of amides is 1. The number of anilines is 1. The Morgan fingerprint density at radius 1 is 1.40 bits per heavy atom. The zero-order chi connectivity index (χ0) is 13.9. The lowest BCUT2D eigenvalue weighted by Gasteiger charge is -2.31. The predicted molar refractivity (Wildman–Crippen MR) is 81.2 cm³/mol. The highest BCUT2D eigenvalue weighted by Gasteiger charge is 2.21. The first-order valence-corrected chi connectivity index (χ1v) is 7.66. The normalized spacial score (nSPS) is 19.4. The quantitative estimate of drug-likeness (QED) is 0.883. The Kier molecular flexibility index (Phi) is 3.92. The lowest BCUT2D eigenvalue weighted by molar-refractivity contribution is 0.0912. The number of hydrogen-bond acceptors (Lipinski definition) is 3. The number of benzene rings is 1. The number of carbonyl (C=O) groups is 1. The van der Waals surface area contributed by atoms with Crippen LogP contribution in [0.4, 0.5) is 5.69 Å². The van der Waals surface area contributed by atoms with Gasteiger partial charge in [0.05, 0.1) is 0 Å². The highest BCUT2D eigenvalue weighted by molar-refractivity contribution is 5.95. The monoisotopic (exact) mass is 273 g/mol. The summed E-state index contributed by atoms with van der Waals surface area (Å²) >= 11 is 0. The van der Waals surface area contributed by atoms with E-state index in [9.17, 15) is 4.79 Å². The highest BCUT2D eigenvalue weighted by Crippen LogP contribution is 2.23. The van der Waals surface area contributed by atoms with Crippen LogP contribution in [0.3, 0.4) is 0 Å². The van der Waals surface area contributed by atoms with Crippen LogP contribution >= 0.6 is 0 Å². The van der Waals surface area contributed by atoms with Gasteiger partial charge in [-0.1, -0.05) is 6.92 Å². The van der Waals surface area contributed by atoms with Crippen molar-refractivity contribution in [2.24, 2.45) is 0 Å². The van der Waals surface area contributed by atoms with Crippen molar-refractivity contribution in [1.82, 2.24) is 10.2 Å². The summed E-state index contributed by atoms with van der Waals surface area (Å²) in [5.41, 5.74) is 3.24. The van der Waals surface area contributed by atoms with Gasteiger partial charge in [0.1, 0.15) is 0 Å². The summed E-state index contributed by atoms with van der Waals surface area (Å²) in [5.74, 6) is 0.0784. The van der Waals surface area contributed by atoms with Crippen molar-refractivity contribution in [3.63, 3.8) is 0 Å². The van der Waals surface area contributed by atoms with Gasteiger partial charge in [-0.2, -0.15) is 0 Å². The fourth-order valence-electron chi connectivity index (χ4n) is 3.11. The zero-order valence-corrected chi connectivity index (χ0v) is 12.1. The lowest BCUT2D eigenvalue weighted by atomic mass is 10.0. The van der Waals surface area contributed by atoms with E-state index in [1.54, 1.807) is 0 Å². The van der Waals surface area contributed by atoms with Crippen LogP contribution < -0.4 is 10.6 Å². The van der Waals surface area contributed by atoms with Gasteiger partial charge in [0, 0.05) is 36.9 Å². The Morgan fingerprint density at radius 2 is 2.20 bits per heavy atom. The molecule has 0 unspecified atom stereocenters. The van der Waals surface area contributed by atoms with Gasteiger partial charge < -0.3 is 15.5 Å². The minimum absolute atomic E-state index is 0.0784. The Bertz CT molecular complexity index is 492. The second-order valence-electron chi connectivity index (χ2n) is 5.73. The van der Waals surface area contributed by atoms with Gasteiger partial charge in [-0.15, -0.1) is 0 Å². The Morgan fingerprint density at radius 3 is 2.95 bits per heavy atom. The molecule has 2 heterocycles. The largest absolute Gasteiger partial charge is 0.384 e. The summed E-state index contributed by atoms with van der Waals surface area (Å²) < 4.78 is 0. The van der Waals surface area contributed by atoms with Crippen LogP contribution in [0.5, 0.6) is 0 Å². The molecule has 0 atom stereocenters. The smallest absolute Gasteiger partial charge is 0.251 e. The van der Waals surface area contributed by atoms with Crippen LogP contribution in [0.25, 0.3) is 0 Å². The predicted octanol–water partition coefficient (Wildman–Crippen LogP) is 1.87. The zero-order valence-electron chi connectivity index (χ0n) is 12.1. The fourth-order valence-corrected chi connectivity index (χ4v) is 3.11. The van der Waals surface area contributed by atoms with Crippen molar-refractivity contribution in [3.8, 4) is 0 Å². The maximum Gasteiger partial charge on any atom is 0.251 e. The standard InChI is InChI=1S/C16H23N3O/c1-2-19-9-6-14(7-10-19)18-16(20)13-3-4-15-12(11-13)5-8-17-15/h3-4,11,14,17H,2,5-10H2,1H3,(H,18,20). The third kappa shape index (κ3) is 2.80. The Balaban J connectivity index is 1.59. The number of hydrogen-bond donors (Lipinski definition) is 2. The summed E-state index contributed by atoms with van der Waals surface area (Å²) in [6, 6.07) is 6.31. The molecule has 2 aliphatic rings. The van der Waals surface area contributed by atoms with E-state index in [0.29, 0.717) is 6.04 Å². The molecule has 0 radical (unpaired) electrons. The van der Waals surface area contributed by atoms with Crippen LogP contribution in [-0.2, 0) is 6.42 Å². The van der Waals surface area contributed by atoms with Crippen molar-refractivity contribution in [2.45, 2.75) is 32.2 Å². The molecule has 1 saturated heterocycles. The average molecular weight is 273 g/mol. The minimum atomic E-state index is 0.0784. The molecule has 1 fully saturated rings. The van der Waals surface area contributed by atoms with Crippen molar-refractivity contribution >= 4 is 11.6 Å². The molecule has 4 nitrogen and oxygen atoms in total. The topological polar surface area (TPSA) is 44.4 Å². The number of nitrogens with one attached hydrogen (secondary N) is 2. The summed E-state index contributed by atoms with van der Waals surface area (Å²) in [6.45, 7) is 6.47. The number of carbonyl (C=O) groups excluding carboxylic acids is 1. The Labute approximate surface area is 120 Å². The summed E-state index contributed by atoms with van der Waals surface area (Å²) in [7, 11) is 0. The van der Waals surface area contributed by atoms with Crippen LogP contribution in [0, 0.1) is 0 Å². The van der Waals surface area contributed by atoms with Crippen LogP contribution in [0.1, 0.15) is 35.7 Å². The lowest BCUT2D eigenvalue weighted by Crippen LogP contribution is -2.44. The van der Waals surface area contributed by atoms with Gasteiger partial charge in [0.25, 0.3) is 5.91 Å². The molecular weight excluding hydrogens is 250 g/mol. The molecule has 108 valence electrons. The molecule has 1 aromatic rings. The second kappa shape index (κ2) is 5.83. The van der Waals surface area contributed by atoms with Gasteiger partial charge in [-0.25, -0.2) is 0 Å². The third-order valence-electron chi connectivity index (χ3n) is 4.45. The van der Waals surface area contributed by atoms with E-state index >= 15 is 0 Å². The van der Waals surface area contributed by atoms with Gasteiger partial charge >= 0.3 is 0 Å². The highest BCUT2D eigenvalue weighted by atomic mass is 16.1. The molecule has 4 heteroatoms. The SMILES string of the molecule is CCN1CCC(NC(=O)c2ccc3c(c2)CCN3)CC1. The van der Waals surface area contributed by atoms with Crippen molar-refractivity contribution in [2.75, 3.05) is 31.5 Å². The first-order valence-electron chi connectivity index (χ1n) is 7.66. The van der Waals surface area contributed by atoms with Gasteiger partial charge in [-0.3, -0.25) is 4.79 Å². The van der Waals surface area contributed by atoms with E-state index in [-0.39, 0.29) is 5.91 Å². The molecule has 3 rings (SSSR count). The van der Waals surface area contributed by atoms with E-state index < -0.39 is 0 Å². The number of fused-ring (bicyclic) bond motifs is 1. The summed E-state index contributed by atoms with van der Waals surface area (Å²) in [6.07, 6.45) is 3.14. The molecule has 1 aromatic carbocycles. The molecule has 0 aromatic heterocycles. The van der Waals surface area contributed by atoms with E-state index in [2.05, 4.69) is 22.5 Å². The average Bonchev–Trinajstić information content (AvgIpc) is 2.95. The van der Waals surface area contributed by atoms with Crippen molar-refractivity contribution < 1.29 is 4.79 Å². The molecular formula is C16H23N3O. The molecule has 2 aliphatic heterocycles. The van der Waals surface area contributed by atoms with E-state index in [1.165, 1.54) is 11.3 Å². The maximum atomic E-state index is 12.3. The van der Waals surface area contributed by atoms with E-state index in [1.807, 2.05) is 18.2 Å². The molecule has 0 spiro atoms. The van der Waals surface area contributed by atoms with Crippen LogP contribution in [0.15, 0.2) is 18.2 Å². The molecule has 1 amide bonds. The maximum absolute atomic E-state index is 12.3. The van der Waals surface area contributed by atoms with Crippen molar-refractivity contribution in [3.05, 3.63) is 29.3 Å². The minimum Gasteiger partial charge on any atom is -0.384 e. The molecule has 20 heavy (non-hydrogen) atoms. The third-order valence-corrected chi connectivity index (χ3v) is 4.45. The van der Waals surface area contributed by atoms with Gasteiger partial charge in [-0.05, 0) is 49.6 Å². The summed E-state index contributed by atoms with van der Waals surface area (Å²) in [4.78, 5) is 14.8. The number of piperidine rings is 1. The van der Waals surface area contributed by atoms with E-state index in [4.69, 9.17) is 0 Å². The van der Waals surface area contributed by atoms with Crippen LogP contribution in [0.2, 0.25) is 0 Å². The fraction of sp³-hybridized carbons (Fsp3) is 0.562. The first-order chi connectivity index (χ1) is 9.76. The molecule has 2 N–H and O–H groups in total. The molecule has 0 bridgehead atoms. The van der Waals surface area contributed by atoms with E-state index in [0.717, 1.165) is 51.0 Å². The second-order valence-corrected chi connectivity index (χ2v) is 5.73.